The van der Waals surface area contributed by atoms with E-state index in [1.165, 1.54) is 0 Å². The van der Waals surface area contributed by atoms with Gasteiger partial charge in [-0.1, -0.05) is 19.4 Å². The van der Waals surface area contributed by atoms with Crippen LogP contribution in [0.5, 0.6) is 0 Å². The molecule has 1 unspecified atom stereocenters. The van der Waals surface area contributed by atoms with Crippen LogP contribution in [0.1, 0.15) is 47.0 Å². The van der Waals surface area contributed by atoms with Crippen molar-refractivity contribution in [1.29, 1.82) is 0 Å². The fourth-order valence-corrected chi connectivity index (χ4v) is 3.48. The molecule has 0 aromatic heterocycles. The van der Waals surface area contributed by atoms with Gasteiger partial charge in [-0.2, -0.15) is 11.8 Å². The third-order valence-corrected chi connectivity index (χ3v) is 4.22. The van der Waals surface area contributed by atoms with Crippen molar-refractivity contribution in [3.8, 4) is 0 Å². The number of hydrogen-bond acceptors (Lipinski definition) is 3. The predicted molar refractivity (Wildman–Crippen MR) is 73.3 cm³/mol. The minimum absolute atomic E-state index is 0.0555. The van der Waals surface area contributed by atoms with Gasteiger partial charge in [-0.25, -0.2) is 0 Å². The summed E-state index contributed by atoms with van der Waals surface area (Å²) in [5, 5.41) is 0.541. The molecule has 1 atom stereocenters. The van der Waals surface area contributed by atoms with Gasteiger partial charge >= 0.3 is 0 Å². The van der Waals surface area contributed by atoms with Gasteiger partial charge in [-0.15, -0.1) is 0 Å². The molecule has 0 radical (unpaired) electrons. The van der Waals surface area contributed by atoms with Gasteiger partial charge in [-0.05, 0) is 31.9 Å². The van der Waals surface area contributed by atoms with E-state index >= 15 is 0 Å². The maximum Gasteiger partial charge on any atom is 0.166 e. The Morgan fingerprint density at radius 3 is 2.24 bits per heavy atom. The first-order valence-corrected chi connectivity index (χ1v) is 7.36. The normalized spacial score (nSPS) is 22.8. The second-order valence-electron chi connectivity index (χ2n) is 5.00. The number of rotatable bonds is 4. The monoisotopic (exact) mass is 254 g/mol. The Balaban J connectivity index is 2.64. The fourth-order valence-electron chi connectivity index (χ4n) is 2.50. The van der Waals surface area contributed by atoms with Crippen LogP contribution in [0.15, 0.2) is 11.1 Å². The van der Waals surface area contributed by atoms with Crippen LogP contribution in [-0.2, 0) is 9.59 Å². The molecule has 0 amide bonds. The van der Waals surface area contributed by atoms with Gasteiger partial charge in [-0.3, -0.25) is 9.59 Å². The highest BCUT2D eigenvalue weighted by molar-refractivity contribution is 7.99. The number of allylic oxidation sites excluding steroid dienone is 2. The van der Waals surface area contributed by atoms with Crippen molar-refractivity contribution in [3.63, 3.8) is 0 Å². The van der Waals surface area contributed by atoms with E-state index in [1.807, 2.05) is 25.6 Å². The van der Waals surface area contributed by atoms with E-state index < -0.39 is 0 Å². The Morgan fingerprint density at radius 1 is 1.29 bits per heavy atom. The molecule has 1 saturated carbocycles. The molecule has 0 saturated heterocycles. The molecule has 2 nitrogen and oxygen atoms in total. The average molecular weight is 254 g/mol. The average Bonchev–Trinajstić information content (AvgIpc) is 2.15. The summed E-state index contributed by atoms with van der Waals surface area (Å²) in [7, 11) is 0. The topological polar surface area (TPSA) is 34.1 Å². The molecule has 1 fully saturated rings. The van der Waals surface area contributed by atoms with Crippen molar-refractivity contribution in [1.82, 2.24) is 0 Å². The smallest absolute Gasteiger partial charge is 0.166 e. The standard InChI is InChI=1S/C14H22O2S/c1-5-17-10(4)6-11-7-12(15)14(9(2)3)13(16)8-11/h10-11H,5-8H2,1-4H3. The number of hydrogen-bond donors (Lipinski definition) is 0. The Labute approximate surface area is 108 Å². The van der Waals surface area contributed by atoms with Gasteiger partial charge in [0.25, 0.3) is 0 Å². The molecule has 1 rings (SSSR count). The molecular weight excluding hydrogens is 232 g/mol. The maximum atomic E-state index is 11.9. The zero-order valence-electron chi connectivity index (χ0n) is 11.2. The summed E-state index contributed by atoms with van der Waals surface area (Å²) < 4.78 is 0. The van der Waals surface area contributed by atoms with Crippen LogP contribution in [0.2, 0.25) is 0 Å². The molecule has 3 heteroatoms. The van der Waals surface area contributed by atoms with Gasteiger partial charge < -0.3 is 0 Å². The Bertz CT molecular complexity index is 320. The lowest BCUT2D eigenvalue weighted by atomic mass is 9.80. The van der Waals surface area contributed by atoms with Crippen LogP contribution in [0.25, 0.3) is 0 Å². The second kappa shape index (κ2) is 6.39. The van der Waals surface area contributed by atoms with Crippen molar-refractivity contribution in [2.75, 3.05) is 5.75 Å². The number of ketones is 2. The number of carbonyl (C=O) groups is 2. The van der Waals surface area contributed by atoms with E-state index in [4.69, 9.17) is 0 Å². The third-order valence-electron chi connectivity index (χ3n) is 3.12. The highest BCUT2D eigenvalue weighted by Gasteiger charge is 2.31. The van der Waals surface area contributed by atoms with Gasteiger partial charge in [0.1, 0.15) is 0 Å². The largest absolute Gasteiger partial charge is 0.294 e. The van der Waals surface area contributed by atoms with Gasteiger partial charge in [0.05, 0.1) is 5.57 Å². The highest BCUT2D eigenvalue weighted by atomic mass is 32.2. The fraction of sp³-hybridized carbons (Fsp3) is 0.714. The van der Waals surface area contributed by atoms with E-state index in [0.29, 0.717) is 23.7 Å². The number of carbonyl (C=O) groups excluding carboxylic acids is 2. The first-order chi connectivity index (χ1) is 7.95. The summed E-state index contributed by atoms with van der Waals surface area (Å²) in [6.07, 6.45) is 2.09. The van der Waals surface area contributed by atoms with Crippen LogP contribution >= 0.6 is 11.8 Å². The Morgan fingerprint density at radius 2 is 1.82 bits per heavy atom. The van der Waals surface area contributed by atoms with Crippen molar-refractivity contribution in [2.45, 2.75) is 52.2 Å². The predicted octanol–water partition coefficient (Wildman–Crippen LogP) is 3.40. The van der Waals surface area contributed by atoms with Crippen LogP contribution in [0.3, 0.4) is 0 Å². The summed E-state index contributed by atoms with van der Waals surface area (Å²) in [6, 6.07) is 0. The second-order valence-corrected chi connectivity index (χ2v) is 6.71. The van der Waals surface area contributed by atoms with Gasteiger partial charge in [0.15, 0.2) is 11.6 Å². The summed E-state index contributed by atoms with van der Waals surface area (Å²) in [5.74, 6) is 1.46. The van der Waals surface area contributed by atoms with E-state index in [9.17, 15) is 9.59 Å². The van der Waals surface area contributed by atoms with Crippen molar-refractivity contribution in [3.05, 3.63) is 11.1 Å². The summed E-state index contributed by atoms with van der Waals surface area (Å²) >= 11 is 1.90. The lowest BCUT2D eigenvalue weighted by Crippen LogP contribution is -2.28. The molecule has 0 aliphatic heterocycles. The van der Waals surface area contributed by atoms with Crippen LogP contribution in [0.4, 0.5) is 0 Å². The van der Waals surface area contributed by atoms with E-state index in [2.05, 4.69) is 13.8 Å². The summed E-state index contributed by atoms with van der Waals surface area (Å²) in [4.78, 5) is 23.8. The Hall–Kier alpha value is -0.570. The molecule has 0 aromatic rings. The minimum atomic E-state index is 0.0555. The lowest BCUT2D eigenvalue weighted by molar-refractivity contribution is -0.125. The molecule has 0 spiro atoms. The van der Waals surface area contributed by atoms with E-state index in [1.54, 1.807) is 0 Å². The Kier molecular flexibility index (Phi) is 5.44. The van der Waals surface area contributed by atoms with Gasteiger partial charge in [0.2, 0.25) is 0 Å². The molecule has 1 aliphatic rings. The van der Waals surface area contributed by atoms with E-state index in [-0.39, 0.29) is 17.5 Å². The molecule has 96 valence electrons. The van der Waals surface area contributed by atoms with Crippen molar-refractivity contribution < 1.29 is 9.59 Å². The quantitative estimate of drug-likeness (QED) is 0.569. The zero-order valence-corrected chi connectivity index (χ0v) is 12.0. The molecule has 17 heavy (non-hydrogen) atoms. The summed E-state index contributed by atoms with van der Waals surface area (Å²) in [6.45, 7) is 8.02. The van der Waals surface area contributed by atoms with Crippen molar-refractivity contribution >= 4 is 23.3 Å². The lowest BCUT2D eigenvalue weighted by Gasteiger charge is -2.25. The maximum absolute atomic E-state index is 11.9. The molecular formula is C14H22O2S. The van der Waals surface area contributed by atoms with E-state index in [0.717, 1.165) is 17.7 Å². The molecule has 0 bridgehead atoms. The molecule has 0 heterocycles. The first-order valence-electron chi connectivity index (χ1n) is 6.31. The molecule has 0 N–H and O–H groups in total. The zero-order chi connectivity index (χ0) is 13.0. The third kappa shape index (κ3) is 3.98. The molecule has 0 aromatic carbocycles. The molecule has 1 aliphatic carbocycles. The van der Waals surface area contributed by atoms with Gasteiger partial charge in [0, 0.05) is 18.1 Å². The first kappa shape index (κ1) is 14.5. The van der Waals surface area contributed by atoms with Crippen molar-refractivity contribution in [2.24, 2.45) is 5.92 Å². The number of thioether (sulfide) groups is 1. The SMILES string of the molecule is CCSC(C)CC1CC(=O)C(=C(C)C)C(=O)C1. The minimum Gasteiger partial charge on any atom is -0.294 e. The highest BCUT2D eigenvalue weighted by Crippen LogP contribution is 2.30. The van der Waals surface area contributed by atoms with Crippen LogP contribution in [-0.4, -0.2) is 22.6 Å². The number of Topliss-reactive ketones (excluding diaryl/α,β-unsaturated/α-hetero) is 2. The van der Waals surface area contributed by atoms with Crippen LogP contribution in [0, 0.1) is 5.92 Å². The summed E-state index contributed by atoms with van der Waals surface area (Å²) in [5.41, 5.74) is 1.34. The van der Waals surface area contributed by atoms with Crippen LogP contribution < -0.4 is 0 Å².